The summed E-state index contributed by atoms with van der Waals surface area (Å²) in [5, 5.41) is 5.89. The van der Waals surface area contributed by atoms with Crippen molar-refractivity contribution in [3.05, 3.63) is 23.1 Å². The van der Waals surface area contributed by atoms with Gasteiger partial charge in [0.1, 0.15) is 5.76 Å². The van der Waals surface area contributed by atoms with Crippen LogP contribution in [0.5, 0.6) is 0 Å². The molecule has 0 radical (unpaired) electrons. The third-order valence-electron chi connectivity index (χ3n) is 2.18. The van der Waals surface area contributed by atoms with E-state index in [9.17, 15) is 0 Å². The zero-order valence-electron chi connectivity index (χ0n) is 10.1. The Morgan fingerprint density at radius 3 is 2.72 bits per heavy atom. The van der Waals surface area contributed by atoms with Gasteiger partial charge in [0.15, 0.2) is 0 Å². The monoisotopic (exact) mass is 268 g/mol. The first-order chi connectivity index (χ1) is 8.71. The highest BCUT2D eigenvalue weighted by molar-refractivity contribution is 6.28. The van der Waals surface area contributed by atoms with E-state index in [1.165, 1.54) is 0 Å². The Morgan fingerprint density at radius 2 is 2.06 bits per heavy atom. The lowest BCUT2D eigenvalue weighted by atomic mass is 10.4. The minimum atomic E-state index is 0.124. The first-order valence-corrected chi connectivity index (χ1v) is 5.86. The van der Waals surface area contributed by atoms with Gasteiger partial charge in [0.05, 0.1) is 12.7 Å². The van der Waals surface area contributed by atoms with E-state index in [0.29, 0.717) is 24.3 Å². The Hall–Kier alpha value is -1.89. The Labute approximate surface area is 109 Å². The Bertz CT molecular complexity index is 529. The summed E-state index contributed by atoms with van der Waals surface area (Å²) in [6, 6.07) is 0. The summed E-state index contributed by atoms with van der Waals surface area (Å²) in [4.78, 5) is 16.0. The maximum atomic E-state index is 5.76. The maximum Gasteiger partial charge on any atom is 0.229 e. The van der Waals surface area contributed by atoms with Crippen molar-refractivity contribution in [2.24, 2.45) is 0 Å². The second-order valence-corrected chi connectivity index (χ2v) is 3.77. The van der Waals surface area contributed by atoms with Crippen molar-refractivity contribution in [2.45, 2.75) is 19.9 Å². The molecule has 0 fully saturated rings. The van der Waals surface area contributed by atoms with Gasteiger partial charge in [-0.25, -0.2) is 4.98 Å². The number of hydrogen-bond acceptors (Lipinski definition) is 7. The van der Waals surface area contributed by atoms with Crippen LogP contribution in [0.3, 0.4) is 0 Å². The second kappa shape index (κ2) is 5.63. The number of nitrogens with zero attached hydrogens (tertiary/aromatic N) is 4. The molecule has 0 aromatic carbocycles. The van der Waals surface area contributed by atoms with Crippen molar-refractivity contribution in [1.82, 2.24) is 19.9 Å². The summed E-state index contributed by atoms with van der Waals surface area (Å²) in [5.41, 5.74) is 0. The van der Waals surface area contributed by atoms with E-state index in [-0.39, 0.29) is 5.28 Å². The lowest BCUT2D eigenvalue weighted by Gasteiger charge is -2.04. The number of rotatable bonds is 5. The van der Waals surface area contributed by atoms with Crippen molar-refractivity contribution in [2.75, 3.05) is 17.7 Å². The zero-order valence-corrected chi connectivity index (χ0v) is 10.8. The fourth-order valence-electron chi connectivity index (χ4n) is 1.29. The van der Waals surface area contributed by atoms with Gasteiger partial charge in [0.25, 0.3) is 0 Å². The van der Waals surface area contributed by atoms with Gasteiger partial charge in [-0.2, -0.15) is 15.0 Å². The van der Waals surface area contributed by atoms with Crippen molar-refractivity contribution in [3.63, 3.8) is 0 Å². The van der Waals surface area contributed by atoms with Crippen LogP contribution >= 0.6 is 11.6 Å². The fourth-order valence-corrected chi connectivity index (χ4v) is 1.45. The minimum Gasteiger partial charge on any atom is -0.444 e. The van der Waals surface area contributed by atoms with E-state index < -0.39 is 0 Å². The van der Waals surface area contributed by atoms with E-state index in [1.54, 1.807) is 13.2 Å². The van der Waals surface area contributed by atoms with E-state index in [0.717, 1.165) is 12.2 Å². The predicted octanol–water partition coefficient (Wildman–Crippen LogP) is 1.73. The summed E-state index contributed by atoms with van der Waals surface area (Å²) >= 11 is 5.76. The largest absolute Gasteiger partial charge is 0.444 e. The van der Waals surface area contributed by atoms with Gasteiger partial charge in [-0.3, -0.25) is 0 Å². The van der Waals surface area contributed by atoms with Crippen molar-refractivity contribution in [3.8, 4) is 0 Å². The summed E-state index contributed by atoms with van der Waals surface area (Å²) in [6.45, 7) is 2.40. The van der Waals surface area contributed by atoms with Gasteiger partial charge in [-0.05, 0) is 11.6 Å². The number of aryl methyl sites for hydroxylation is 1. The SMILES string of the molecule is CCc1cnc(CNc2nc(Cl)nc(NC)n2)o1. The summed E-state index contributed by atoms with van der Waals surface area (Å²) < 4.78 is 5.45. The average Bonchev–Trinajstić information content (AvgIpc) is 2.83. The normalized spacial score (nSPS) is 10.4. The Morgan fingerprint density at radius 1 is 1.28 bits per heavy atom. The van der Waals surface area contributed by atoms with Crippen LogP contribution in [0.15, 0.2) is 10.6 Å². The number of hydrogen-bond donors (Lipinski definition) is 2. The lowest BCUT2D eigenvalue weighted by molar-refractivity contribution is 0.465. The quantitative estimate of drug-likeness (QED) is 0.853. The number of halogens is 1. The molecule has 0 saturated heterocycles. The fraction of sp³-hybridized carbons (Fsp3) is 0.400. The second-order valence-electron chi connectivity index (χ2n) is 3.43. The molecule has 0 bridgehead atoms. The average molecular weight is 269 g/mol. The number of aromatic nitrogens is 4. The third kappa shape index (κ3) is 3.07. The summed E-state index contributed by atoms with van der Waals surface area (Å²) in [7, 11) is 1.71. The Kier molecular flexibility index (Phi) is 3.93. The van der Waals surface area contributed by atoms with Crippen LogP contribution in [-0.2, 0) is 13.0 Å². The standard InChI is InChI=1S/C10H13ClN6O/c1-3-6-4-13-7(18-6)5-14-10-16-8(11)15-9(12-2)17-10/h4H,3,5H2,1-2H3,(H2,12,14,15,16,17). The molecule has 2 rings (SSSR count). The van der Waals surface area contributed by atoms with Crippen LogP contribution in [0.2, 0.25) is 5.28 Å². The van der Waals surface area contributed by atoms with Crippen LogP contribution in [0.25, 0.3) is 0 Å². The molecule has 0 aliphatic heterocycles. The summed E-state index contributed by atoms with van der Waals surface area (Å²) in [6.07, 6.45) is 2.52. The Balaban J connectivity index is 2.03. The van der Waals surface area contributed by atoms with E-state index in [4.69, 9.17) is 16.0 Å². The van der Waals surface area contributed by atoms with Crippen LogP contribution in [0, 0.1) is 0 Å². The summed E-state index contributed by atoms with van der Waals surface area (Å²) in [5.74, 6) is 2.19. The molecular formula is C10H13ClN6O. The molecule has 18 heavy (non-hydrogen) atoms. The first-order valence-electron chi connectivity index (χ1n) is 5.48. The highest BCUT2D eigenvalue weighted by Crippen LogP contribution is 2.10. The topological polar surface area (TPSA) is 88.8 Å². The van der Waals surface area contributed by atoms with E-state index >= 15 is 0 Å². The van der Waals surface area contributed by atoms with Gasteiger partial charge < -0.3 is 15.1 Å². The van der Waals surface area contributed by atoms with Crippen molar-refractivity contribution < 1.29 is 4.42 Å². The highest BCUT2D eigenvalue weighted by atomic mass is 35.5. The smallest absolute Gasteiger partial charge is 0.229 e. The number of anilines is 2. The van der Waals surface area contributed by atoms with Crippen LogP contribution in [-0.4, -0.2) is 27.0 Å². The molecule has 2 aromatic rings. The third-order valence-corrected chi connectivity index (χ3v) is 2.35. The van der Waals surface area contributed by atoms with Crippen molar-refractivity contribution in [1.29, 1.82) is 0 Å². The van der Waals surface area contributed by atoms with Gasteiger partial charge in [-0.1, -0.05) is 6.92 Å². The molecule has 2 N–H and O–H groups in total. The molecule has 2 heterocycles. The molecule has 0 unspecified atom stereocenters. The lowest BCUT2D eigenvalue weighted by Crippen LogP contribution is -2.07. The van der Waals surface area contributed by atoms with Crippen LogP contribution < -0.4 is 10.6 Å². The van der Waals surface area contributed by atoms with E-state index in [1.807, 2.05) is 6.92 Å². The maximum absolute atomic E-state index is 5.76. The van der Waals surface area contributed by atoms with Gasteiger partial charge in [0, 0.05) is 13.5 Å². The molecule has 0 aliphatic rings. The molecule has 0 amide bonds. The minimum absolute atomic E-state index is 0.124. The molecular weight excluding hydrogens is 256 g/mol. The van der Waals surface area contributed by atoms with Gasteiger partial charge in [0.2, 0.25) is 23.1 Å². The highest BCUT2D eigenvalue weighted by Gasteiger charge is 2.06. The number of nitrogens with one attached hydrogen (secondary N) is 2. The molecule has 2 aromatic heterocycles. The predicted molar refractivity (Wildman–Crippen MR) is 67.6 cm³/mol. The first kappa shape index (κ1) is 12.6. The zero-order chi connectivity index (χ0) is 13.0. The van der Waals surface area contributed by atoms with E-state index in [2.05, 4.69) is 30.6 Å². The molecule has 0 atom stereocenters. The van der Waals surface area contributed by atoms with Crippen LogP contribution in [0.4, 0.5) is 11.9 Å². The number of oxazole rings is 1. The molecule has 8 heteroatoms. The molecule has 0 spiro atoms. The molecule has 96 valence electrons. The van der Waals surface area contributed by atoms with Crippen molar-refractivity contribution >= 4 is 23.5 Å². The van der Waals surface area contributed by atoms with Crippen LogP contribution in [0.1, 0.15) is 18.6 Å². The molecule has 0 aliphatic carbocycles. The molecule has 0 saturated carbocycles. The molecule has 7 nitrogen and oxygen atoms in total. The van der Waals surface area contributed by atoms with Gasteiger partial charge in [-0.15, -0.1) is 0 Å². The van der Waals surface area contributed by atoms with Gasteiger partial charge >= 0.3 is 0 Å².